The molecule has 2 amide bonds. The largest absolute Gasteiger partial charge is 0.379 e. The number of nitrogens with one attached hydrogen (secondary N) is 2. The molecule has 0 heterocycles. The van der Waals surface area contributed by atoms with Crippen LogP contribution in [0, 0.1) is 0 Å². The van der Waals surface area contributed by atoms with Gasteiger partial charge in [-0.3, -0.25) is 19.6 Å². The smallest absolute Gasteiger partial charge is 0.243 e. The lowest BCUT2D eigenvalue weighted by molar-refractivity contribution is -0.130. The van der Waals surface area contributed by atoms with Gasteiger partial charge in [-0.1, -0.05) is 22.5 Å². The van der Waals surface area contributed by atoms with Crippen LogP contribution in [0.15, 0.2) is 12.2 Å². The first-order chi connectivity index (χ1) is 20.0. The monoisotopic (exact) mass is 658 g/mol. The van der Waals surface area contributed by atoms with E-state index < -0.39 is 5.91 Å². The van der Waals surface area contributed by atoms with Crippen molar-refractivity contribution in [3.63, 3.8) is 0 Å². The standard InChI is InChI=1S/C26H47BrN2O12/c1-23(24(30)2-3-25(31)29-33)4-6-34-8-10-36-12-14-38-16-18-40-20-21-41-19-17-39-15-13-37-11-9-35-7-5-28-26(32)22-27/h33H,1-22H2,(H,28,32)(H,29,31). The maximum atomic E-state index is 11.8. The fourth-order valence-electron chi connectivity index (χ4n) is 2.75. The fourth-order valence-corrected chi connectivity index (χ4v) is 2.94. The third kappa shape index (κ3) is 29.8. The average molecular weight is 660 g/mol. The number of carbonyl (C=O) groups excluding carboxylic acids is 3. The van der Waals surface area contributed by atoms with E-state index in [1.54, 1.807) is 0 Å². The first-order valence-corrected chi connectivity index (χ1v) is 14.7. The van der Waals surface area contributed by atoms with E-state index in [2.05, 4.69) is 27.8 Å². The number of amides is 2. The van der Waals surface area contributed by atoms with Crippen LogP contribution in [0.3, 0.4) is 0 Å². The van der Waals surface area contributed by atoms with Crippen molar-refractivity contribution in [2.75, 3.05) is 118 Å². The molecule has 0 spiro atoms. The van der Waals surface area contributed by atoms with Gasteiger partial charge in [-0.2, -0.15) is 0 Å². The van der Waals surface area contributed by atoms with Crippen LogP contribution in [0.1, 0.15) is 19.3 Å². The summed E-state index contributed by atoms with van der Waals surface area (Å²) >= 11 is 3.07. The minimum absolute atomic E-state index is 0.00243. The number of ether oxygens (including phenoxy) is 8. The first-order valence-electron chi connectivity index (χ1n) is 13.6. The van der Waals surface area contributed by atoms with Crippen LogP contribution in [0.5, 0.6) is 0 Å². The Balaban J connectivity index is 3.19. The maximum Gasteiger partial charge on any atom is 0.243 e. The van der Waals surface area contributed by atoms with Crippen molar-refractivity contribution in [2.24, 2.45) is 0 Å². The molecule has 0 aliphatic heterocycles. The molecule has 0 aliphatic rings. The van der Waals surface area contributed by atoms with Crippen molar-refractivity contribution in [3.8, 4) is 0 Å². The van der Waals surface area contributed by atoms with E-state index in [9.17, 15) is 14.4 Å². The quantitative estimate of drug-likeness (QED) is 0.0300. The highest BCUT2D eigenvalue weighted by atomic mass is 79.9. The van der Waals surface area contributed by atoms with Gasteiger partial charge in [0.1, 0.15) is 0 Å². The molecule has 3 N–H and O–H groups in total. The van der Waals surface area contributed by atoms with Gasteiger partial charge in [0.05, 0.1) is 111 Å². The molecule has 0 bridgehead atoms. The summed E-state index contributed by atoms with van der Waals surface area (Å²) in [5.74, 6) is -0.899. The number of rotatable bonds is 32. The average Bonchev–Trinajstić information content (AvgIpc) is 2.98. The van der Waals surface area contributed by atoms with Crippen molar-refractivity contribution < 1.29 is 57.5 Å². The Hall–Kier alpha value is -1.53. The highest BCUT2D eigenvalue weighted by Gasteiger charge is 2.09. The zero-order valence-electron chi connectivity index (χ0n) is 23.9. The Morgan fingerprint density at radius 2 is 0.902 bits per heavy atom. The van der Waals surface area contributed by atoms with E-state index in [1.807, 2.05) is 0 Å². The van der Waals surface area contributed by atoms with Crippen LogP contribution in [-0.4, -0.2) is 140 Å². The third-order valence-electron chi connectivity index (χ3n) is 4.94. The highest BCUT2D eigenvalue weighted by molar-refractivity contribution is 9.09. The van der Waals surface area contributed by atoms with Gasteiger partial charge >= 0.3 is 0 Å². The fraction of sp³-hybridized carbons (Fsp3) is 0.808. The van der Waals surface area contributed by atoms with E-state index >= 15 is 0 Å². The van der Waals surface area contributed by atoms with Crippen molar-refractivity contribution >= 4 is 33.5 Å². The first kappa shape index (κ1) is 39.5. The molecule has 0 saturated heterocycles. The van der Waals surface area contributed by atoms with E-state index in [-0.39, 0.29) is 29.9 Å². The van der Waals surface area contributed by atoms with Gasteiger partial charge in [-0.15, -0.1) is 0 Å². The molecule has 14 nitrogen and oxygen atoms in total. The molecule has 0 radical (unpaired) electrons. The molecule has 0 atom stereocenters. The van der Waals surface area contributed by atoms with Crippen molar-refractivity contribution in [1.29, 1.82) is 0 Å². The molecule has 0 aromatic heterocycles. The van der Waals surface area contributed by atoms with E-state index in [0.717, 1.165) is 0 Å². The van der Waals surface area contributed by atoms with E-state index in [0.29, 0.717) is 124 Å². The molecular weight excluding hydrogens is 612 g/mol. The number of hydrogen-bond acceptors (Lipinski definition) is 12. The van der Waals surface area contributed by atoms with Gasteiger partial charge in [0.15, 0.2) is 5.78 Å². The van der Waals surface area contributed by atoms with E-state index in [1.165, 1.54) is 5.48 Å². The Bertz CT molecular complexity index is 672. The van der Waals surface area contributed by atoms with Crippen molar-refractivity contribution in [3.05, 3.63) is 12.2 Å². The molecular formula is C26H47BrN2O12. The second kappa shape index (κ2) is 31.4. The zero-order valence-corrected chi connectivity index (χ0v) is 25.5. The van der Waals surface area contributed by atoms with Crippen LogP contribution >= 0.6 is 15.9 Å². The van der Waals surface area contributed by atoms with Crippen molar-refractivity contribution in [2.45, 2.75) is 19.3 Å². The minimum atomic E-state index is -0.607. The predicted molar refractivity (Wildman–Crippen MR) is 151 cm³/mol. The van der Waals surface area contributed by atoms with Gasteiger partial charge in [0, 0.05) is 19.4 Å². The molecule has 0 aromatic rings. The van der Waals surface area contributed by atoms with Gasteiger partial charge in [0.2, 0.25) is 11.8 Å². The summed E-state index contributed by atoms with van der Waals surface area (Å²) in [6.07, 6.45) is 0.294. The Morgan fingerprint density at radius 1 is 0.537 bits per heavy atom. The Labute approximate surface area is 250 Å². The summed E-state index contributed by atoms with van der Waals surface area (Å²) in [6.45, 7) is 11.3. The molecule has 240 valence electrons. The number of hydroxylamine groups is 1. The number of hydrogen-bond donors (Lipinski definition) is 3. The summed E-state index contributed by atoms with van der Waals surface area (Å²) in [4.78, 5) is 33.7. The second-order valence-corrected chi connectivity index (χ2v) is 8.76. The zero-order chi connectivity index (χ0) is 30.2. The highest BCUT2D eigenvalue weighted by Crippen LogP contribution is 2.05. The lowest BCUT2D eigenvalue weighted by Gasteiger charge is -2.09. The number of carbonyl (C=O) groups is 3. The van der Waals surface area contributed by atoms with Crippen LogP contribution in [0.4, 0.5) is 0 Å². The molecule has 0 unspecified atom stereocenters. The summed E-state index contributed by atoms with van der Waals surface area (Å²) < 4.78 is 43.2. The summed E-state index contributed by atoms with van der Waals surface area (Å²) in [5.41, 5.74) is 1.87. The Morgan fingerprint density at radius 3 is 1.27 bits per heavy atom. The number of ketones is 1. The summed E-state index contributed by atoms with van der Waals surface area (Å²) in [6, 6.07) is 0. The molecule has 15 heteroatoms. The van der Waals surface area contributed by atoms with Gasteiger partial charge in [-0.25, -0.2) is 5.48 Å². The van der Waals surface area contributed by atoms with E-state index in [4.69, 9.17) is 43.1 Å². The predicted octanol–water partition coefficient (Wildman–Crippen LogP) is 0.431. The van der Waals surface area contributed by atoms with Crippen LogP contribution in [-0.2, 0) is 52.3 Å². The number of Topliss-reactive ketones (excluding diaryl/α,β-unsaturated/α-hetero) is 1. The van der Waals surface area contributed by atoms with Gasteiger partial charge < -0.3 is 43.2 Å². The SMILES string of the molecule is C=C(CCOCCOCCOCCOCCOCCOCCOCCOCCNC(=O)CBr)C(=O)CCC(=O)NO. The molecule has 41 heavy (non-hydrogen) atoms. The van der Waals surface area contributed by atoms with Crippen molar-refractivity contribution in [1.82, 2.24) is 10.8 Å². The number of halogens is 1. The molecule has 0 aromatic carbocycles. The maximum absolute atomic E-state index is 11.8. The number of alkyl halides is 1. The third-order valence-corrected chi connectivity index (χ3v) is 5.45. The Kier molecular flexibility index (Phi) is 30.2. The molecule has 0 fully saturated rings. The van der Waals surface area contributed by atoms with Crippen LogP contribution in [0.25, 0.3) is 0 Å². The van der Waals surface area contributed by atoms with Crippen LogP contribution in [0.2, 0.25) is 0 Å². The normalized spacial score (nSPS) is 11.0. The lowest BCUT2D eigenvalue weighted by atomic mass is 10.1. The van der Waals surface area contributed by atoms with Crippen LogP contribution < -0.4 is 10.8 Å². The summed E-state index contributed by atoms with van der Waals surface area (Å²) in [5, 5.41) is 11.4. The van der Waals surface area contributed by atoms with Gasteiger partial charge in [-0.05, 0) is 12.0 Å². The lowest BCUT2D eigenvalue weighted by Crippen LogP contribution is -2.28. The molecule has 0 rings (SSSR count). The van der Waals surface area contributed by atoms with Gasteiger partial charge in [0.25, 0.3) is 0 Å². The summed E-state index contributed by atoms with van der Waals surface area (Å²) in [7, 11) is 0. The minimum Gasteiger partial charge on any atom is -0.379 e. The topological polar surface area (TPSA) is 169 Å². The molecule has 0 aliphatic carbocycles. The molecule has 0 saturated carbocycles. The second-order valence-electron chi connectivity index (χ2n) is 8.19.